The van der Waals surface area contributed by atoms with Crippen molar-refractivity contribution in [2.24, 2.45) is 23.5 Å². The van der Waals surface area contributed by atoms with Gasteiger partial charge in [0.15, 0.2) is 0 Å². The highest BCUT2D eigenvalue weighted by Gasteiger charge is 2.40. The molecule has 5 nitrogen and oxygen atoms in total. The molecule has 2 unspecified atom stereocenters. The Kier molecular flexibility index (Phi) is 5.24. The number of carbonyl (C=O) groups is 1. The number of nitrogens with zero attached hydrogens (tertiary/aromatic N) is 2. The lowest BCUT2D eigenvalue weighted by molar-refractivity contribution is -0.122. The lowest BCUT2D eigenvalue weighted by Crippen LogP contribution is -2.48. The molecule has 2 aliphatic carbocycles. The summed E-state index contributed by atoms with van der Waals surface area (Å²) >= 11 is 0. The van der Waals surface area contributed by atoms with Crippen LogP contribution in [0, 0.1) is 17.8 Å². The van der Waals surface area contributed by atoms with Crippen LogP contribution in [0.5, 0.6) is 0 Å². The van der Waals surface area contributed by atoms with E-state index in [1.54, 1.807) is 0 Å². The number of likely N-dealkylation sites (N-methyl/N-ethyl adjacent to an activating group) is 1. The minimum atomic E-state index is 0.108. The number of nitrogens with two attached hydrogens (primary N) is 1. The van der Waals surface area contributed by atoms with E-state index in [4.69, 9.17) is 5.73 Å². The van der Waals surface area contributed by atoms with Crippen molar-refractivity contribution in [2.75, 3.05) is 26.0 Å². The van der Waals surface area contributed by atoms with Gasteiger partial charge in [0.05, 0.1) is 5.52 Å². The zero-order chi connectivity index (χ0) is 19.0. The van der Waals surface area contributed by atoms with Crippen molar-refractivity contribution < 1.29 is 4.79 Å². The van der Waals surface area contributed by atoms with Crippen LogP contribution in [0.25, 0.3) is 10.9 Å². The van der Waals surface area contributed by atoms with Crippen molar-refractivity contribution >= 4 is 22.5 Å². The van der Waals surface area contributed by atoms with Gasteiger partial charge in [0.25, 0.3) is 0 Å². The Labute approximate surface area is 161 Å². The third kappa shape index (κ3) is 3.90. The number of hydrogen-bond acceptors (Lipinski definition) is 3. The highest BCUT2D eigenvalue weighted by Crippen LogP contribution is 2.42. The van der Waals surface area contributed by atoms with E-state index in [2.05, 4.69) is 53.3 Å². The molecule has 0 saturated heterocycles. The lowest BCUT2D eigenvalue weighted by atomic mass is 9.65. The fourth-order valence-electron chi connectivity index (χ4n) is 5.01. The summed E-state index contributed by atoms with van der Waals surface area (Å²) in [6.45, 7) is 1.93. The van der Waals surface area contributed by atoms with Gasteiger partial charge in [-0.25, -0.2) is 0 Å². The van der Waals surface area contributed by atoms with E-state index >= 15 is 0 Å². The zero-order valence-corrected chi connectivity index (χ0v) is 16.5. The molecule has 2 saturated carbocycles. The summed E-state index contributed by atoms with van der Waals surface area (Å²) in [7, 11) is 4.17. The molecule has 0 aliphatic heterocycles. The first kappa shape index (κ1) is 18.5. The fourth-order valence-corrected chi connectivity index (χ4v) is 5.01. The van der Waals surface area contributed by atoms with E-state index in [1.165, 1.54) is 30.2 Å². The van der Waals surface area contributed by atoms with E-state index in [-0.39, 0.29) is 11.8 Å². The van der Waals surface area contributed by atoms with Gasteiger partial charge in [-0.05, 0) is 75.2 Å². The molecule has 4 rings (SSSR count). The first-order chi connectivity index (χ1) is 13.0. The Hall–Kier alpha value is -1.85. The summed E-state index contributed by atoms with van der Waals surface area (Å²) in [4.78, 5) is 15.1. The average Bonchev–Trinajstić information content (AvgIpc) is 3.02. The lowest BCUT2D eigenvalue weighted by Gasteiger charge is -2.43. The van der Waals surface area contributed by atoms with Crippen LogP contribution < -0.4 is 11.1 Å². The van der Waals surface area contributed by atoms with E-state index in [0.29, 0.717) is 17.9 Å². The second-order valence-corrected chi connectivity index (χ2v) is 8.77. The van der Waals surface area contributed by atoms with Crippen molar-refractivity contribution in [3.05, 3.63) is 30.5 Å². The van der Waals surface area contributed by atoms with Crippen LogP contribution in [-0.2, 0) is 11.3 Å². The van der Waals surface area contributed by atoms with Crippen molar-refractivity contribution in [1.82, 2.24) is 9.47 Å². The van der Waals surface area contributed by atoms with Crippen molar-refractivity contribution in [3.63, 3.8) is 0 Å². The zero-order valence-electron chi connectivity index (χ0n) is 16.5. The van der Waals surface area contributed by atoms with Gasteiger partial charge < -0.3 is 20.5 Å². The molecule has 1 amide bonds. The number of carbonyl (C=O) groups excluding carboxylic acids is 1. The van der Waals surface area contributed by atoms with Crippen molar-refractivity contribution in [1.29, 1.82) is 0 Å². The van der Waals surface area contributed by atoms with Crippen molar-refractivity contribution in [2.45, 2.75) is 44.7 Å². The summed E-state index contributed by atoms with van der Waals surface area (Å²) in [5, 5.41) is 4.40. The maximum absolute atomic E-state index is 12.9. The molecule has 2 bridgehead atoms. The molecule has 3 N–H and O–H groups in total. The van der Waals surface area contributed by atoms with Crippen LogP contribution in [0.1, 0.15) is 32.1 Å². The predicted molar refractivity (Wildman–Crippen MR) is 111 cm³/mol. The second-order valence-electron chi connectivity index (χ2n) is 8.77. The number of anilines is 1. The molecule has 27 heavy (non-hydrogen) atoms. The van der Waals surface area contributed by atoms with Crippen molar-refractivity contribution in [3.8, 4) is 0 Å². The Morgan fingerprint density at radius 1 is 1.22 bits per heavy atom. The van der Waals surface area contributed by atoms with Gasteiger partial charge in [-0.1, -0.05) is 12.5 Å². The minimum absolute atomic E-state index is 0.108. The highest BCUT2D eigenvalue weighted by molar-refractivity contribution is 5.95. The van der Waals surface area contributed by atoms with Gasteiger partial charge in [0.2, 0.25) is 5.91 Å². The topological polar surface area (TPSA) is 63.3 Å². The maximum atomic E-state index is 12.9. The van der Waals surface area contributed by atoms with Crippen LogP contribution in [0.2, 0.25) is 0 Å². The van der Waals surface area contributed by atoms with Gasteiger partial charge in [-0.3, -0.25) is 4.79 Å². The third-order valence-electron chi connectivity index (χ3n) is 6.61. The second kappa shape index (κ2) is 7.64. The molecule has 1 aromatic carbocycles. The number of nitrogens with one attached hydrogen (secondary N) is 1. The summed E-state index contributed by atoms with van der Waals surface area (Å²) in [5.74, 6) is 1.33. The molecule has 0 spiro atoms. The van der Waals surface area contributed by atoms with E-state index in [9.17, 15) is 4.79 Å². The van der Waals surface area contributed by atoms with Crippen LogP contribution in [0.15, 0.2) is 30.5 Å². The standard InChI is InChI=1S/C22H32N4O/c1-25(2)10-11-26-9-8-15-6-7-19(14-20(15)26)24-22(27)18-12-16-4-3-5-17(13-18)21(16)23/h6-9,14,16-18,21H,3-5,10-13,23H2,1-2H3,(H,24,27). The summed E-state index contributed by atoms with van der Waals surface area (Å²) in [6, 6.07) is 8.67. The van der Waals surface area contributed by atoms with E-state index in [0.717, 1.165) is 31.6 Å². The third-order valence-corrected chi connectivity index (χ3v) is 6.61. The summed E-state index contributed by atoms with van der Waals surface area (Å²) in [6.07, 6.45) is 7.68. The molecule has 2 fully saturated rings. The predicted octanol–water partition coefficient (Wildman–Crippen LogP) is 3.30. The smallest absolute Gasteiger partial charge is 0.227 e. The molecular formula is C22H32N4O. The van der Waals surface area contributed by atoms with Gasteiger partial charge in [-0.15, -0.1) is 0 Å². The van der Waals surface area contributed by atoms with E-state index in [1.807, 2.05) is 6.07 Å². The average molecular weight is 369 g/mol. The van der Waals surface area contributed by atoms with Crippen LogP contribution in [-0.4, -0.2) is 42.1 Å². The molecule has 146 valence electrons. The maximum Gasteiger partial charge on any atom is 0.227 e. The molecule has 5 heteroatoms. The summed E-state index contributed by atoms with van der Waals surface area (Å²) in [5.41, 5.74) is 8.46. The Morgan fingerprint density at radius 2 is 1.96 bits per heavy atom. The molecule has 1 aromatic heterocycles. The molecule has 0 radical (unpaired) electrons. The fraction of sp³-hybridized carbons (Fsp3) is 0.591. The monoisotopic (exact) mass is 368 g/mol. The Morgan fingerprint density at radius 3 is 2.67 bits per heavy atom. The first-order valence-corrected chi connectivity index (χ1v) is 10.3. The van der Waals surface area contributed by atoms with Crippen LogP contribution in [0.4, 0.5) is 5.69 Å². The van der Waals surface area contributed by atoms with Gasteiger partial charge in [-0.2, -0.15) is 0 Å². The minimum Gasteiger partial charge on any atom is -0.346 e. The van der Waals surface area contributed by atoms with Gasteiger partial charge in [0.1, 0.15) is 0 Å². The molecule has 2 aromatic rings. The van der Waals surface area contributed by atoms with Gasteiger partial charge in [0, 0.05) is 36.9 Å². The normalized spacial score (nSPS) is 27.9. The number of hydrogen-bond donors (Lipinski definition) is 2. The number of fused-ring (bicyclic) bond motifs is 3. The number of rotatable bonds is 5. The number of benzene rings is 1. The molecule has 2 aliphatic rings. The van der Waals surface area contributed by atoms with E-state index < -0.39 is 0 Å². The largest absolute Gasteiger partial charge is 0.346 e. The van der Waals surface area contributed by atoms with Crippen LogP contribution >= 0.6 is 0 Å². The Bertz CT molecular complexity index is 798. The molecular weight excluding hydrogens is 336 g/mol. The molecule has 1 heterocycles. The first-order valence-electron chi connectivity index (χ1n) is 10.3. The summed E-state index contributed by atoms with van der Waals surface area (Å²) < 4.78 is 2.26. The highest BCUT2D eigenvalue weighted by atomic mass is 16.1. The Balaban J connectivity index is 1.46. The SMILES string of the molecule is CN(C)CCn1ccc2ccc(NC(=O)C3CC4CCCC(C3)C4N)cc21. The van der Waals surface area contributed by atoms with Gasteiger partial charge >= 0.3 is 0 Å². The number of aromatic nitrogens is 1. The number of amides is 1. The molecule has 2 atom stereocenters. The van der Waals surface area contributed by atoms with Crippen LogP contribution in [0.3, 0.4) is 0 Å². The quantitative estimate of drug-likeness (QED) is 0.851.